The van der Waals surface area contributed by atoms with Gasteiger partial charge >= 0.3 is 12.2 Å². The molecule has 5 rings (SSSR count). The van der Waals surface area contributed by atoms with Crippen LogP contribution in [0.2, 0.25) is 0 Å². The van der Waals surface area contributed by atoms with Crippen molar-refractivity contribution in [1.82, 2.24) is 19.9 Å². The van der Waals surface area contributed by atoms with Crippen LogP contribution in [0.5, 0.6) is 11.5 Å². The lowest BCUT2D eigenvalue weighted by Gasteiger charge is -2.12. The maximum Gasteiger partial charge on any atom is 0.416 e. The van der Waals surface area contributed by atoms with Gasteiger partial charge in [-0.3, -0.25) is 10.1 Å². The van der Waals surface area contributed by atoms with Gasteiger partial charge in [0.15, 0.2) is 0 Å². The molecule has 0 aliphatic carbocycles. The summed E-state index contributed by atoms with van der Waals surface area (Å²) in [6.45, 7) is 0. The van der Waals surface area contributed by atoms with Gasteiger partial charge in [-0.15, -0.1) is 0 Å². The fraction of sp³-hybridized carbons (Fsp3) is 0.111. The molecule has 3 amide bonds. The minimum Gasteiger partial charge on any atom is -0.457 e. The van der Waals surface area contributed by atoms with Crippen LogP contribution in [0, 0.1) is 5.82 Å². The van der Waals surface area contributed by atoms with Gasteiger partial charge in [0.05, 0.1) is 34.8 Å². The van der Waals surface area contributed by atoms with Gasteiger partial charge in [-0.05, 0) is 64.5 Å². The van der Waals surface area contributed by atoms with Crippen molar-refractivity contribution in [2.24, 2.45) is 0 Å². The number of fused-ring (bicyclic) bond motifs is 1. The number of alkyl halides is 5. The molecule has 10 nitrogen and oxygen atoms in total. The van der Waals surface area contributed by atoms with Crippen LogP contribution in [0.15, 0.2) is 73.2 Å². The molecule has 0 aliphatic rings. The molecule has 0 saturated carbocycles. The largest absolute Gasteiger partial charge is 0.457 e. The number of anilines is 3. The molecule has 226 valence electrons. The highest BCUT2D eigenvalue weighted by Crippen LogP contribution is 2.32. The van der Waals surface area contributed by atoms with Crippen molar-refractivity contribution in [2.75, 3.05) is 25.8 Å². The number of benzene rings is 3. The number of amides is 3. The Bertz CT molecular complexity index is 1660. The summed E-state index contributed by atoms with van der Waals surface area (Å²) in [6, 6.07) is 11.9. The number of hydrogen-bond acceptors (Lipinski definition) is 5. The quantitative estimate of drug-likeness (QED) is 0.0668. The number of aromatic nitrogens is 4. The molecule has 0 unspecified atom stereocenters. The predicted octanol–water partition coefficient (Wildman–Crippen LogP) is 8.23. The number of aromatic amines is 2. The smallest absolute Gasteiger partial charge is 0.416 e. The van der Waals surface area contributed by atoms with E-state index >= 15 is 0 Å². The second kappa shape index (κ2) is 15.5. The number of carbonyl (C=O) groups excluding carboxylic acids is 2. The van der Waals surface area contributed by atoms with Crippen molar-refractivity contribution in [3.8, 4) is 11.5 Å². The molecule has 0 saturated heterocycles. The third-order valence-electron chi connectivity index (χ3n) is 5.32. The van der Waals surface area contributed by atoms with Crippen LogP contribution in [0.1, 0.15) is 16.1 Å². The molecule has 5 N–H and O–H groups in total. The average molecular weight is 823 g/mol. The Hall–Kier alpha value is -3.94. The third-order valence-corrected chi connectivity index (χ3v) is 5.32. The van der Waals surface area contributed by atoms with Gasteiger partial charge < -0.3 is 25.3 Å². The van der Waals surface area contributed by atoms with Gasteiger partial charge in [-0.25, -0.2) is 19.2 Å². The summed E-state index contributed by atoms with van der Waals surface area (Å²) in [5.74, 6) is -0.318. The van der Waals surface area contributed by atoms with Gasteiger partial charge in [-0.1, -0.05) is 45.2 Å². The molecule has 43 heavy (non-hydrogen) atoms. The number of hydrogen-bond donors (Lipinski definition) is 5. The Morgan fingerprint density at radius 1 is 0.884 bits per heavy atom. The molecular weight excluding hydrogens is 800 g/mol. The van der Waals surface area contributed by atoms with Crippen molar-refractivity contribution < 1.29 is 31.9 Å². The van der Waals surface area contributed by atoms with E-state index in [4.69, 9.17) is 4.74 Å². The number of rotatable bonds is 6. The van der Waals surface area contributed by atoms with E-state index in [1.807, 2.05) is 9.86 Å². The highest BCUT2D eigenvalue weighted by atomic mass is 127. The fourth-order valence-corrected chi connectivity index (χ4v) is 3.49. The van der Waals surface area contributed by atoms with E-state index < -0.39 is 35.2 Å². The Labute approximate surface area is 269 Å². The number of H-pyrrole nitrogens is 2. The zero-order valence-electron chi connectivity index (χ0n) is 22.3. The van der Waals surface area contributed by atoms with Crippen molar-refractivity contribution in [2.45, 2.75) is 6.18 Å². The van der Waals surface area contributed by atoms with Gasteiger partial charge in [0.1, 0.15) is 23.0 Å². The SMILES string of the molecule is CI.CI.O=C(Nc1ccc(Oc2ccc3nc(NC(=O)c4cnc[nH]4)[nH]c3c2)cc1)Nc1cc(C(F)(F)F)ccc1F. The van der Waals surface area contributed by atoms with E-state index in [1.54, 1.807) is 30.3 Å². The molecule has 3 aromatic carbocycles. The Morgan fingerprint density at radius 3 is 2.23 bits per heavy atom. The molecule has 0 radical (unpaired) electrons. The van der Waals surface area contributed by atoms with Crippen molar-refractivity contribution in [1.29, 1.82) is 0 Å². The summed E-state index contributed by atoms with van der Waals surface area (Å²) in [6.07, 6.45) is -1.92. The van der Waals surface area contributed by atoms with Gasteiger partial charge in [0, 0.05) is 11.8 Å². The van der Waals surface area contributed by atoms with Gasteiger partial charge in [0.2, 0.25) is 5.95 Å². The highest BCUT2D eigenvalue weighted by molar-refractivity contribution is 14.1. The molecule has 0 fully saturated rings. The van der Waals surface area contributed by atoms with Crippen LogP contribution in [0.4, 0.5) is 39.7 Å². The molecule has 2 aromatic heterocycles. The summed E-state index contributed by atoms with van der Waals surface area (Å²) >= 11 is 4.30. The first-order chi connectivity index (χ1) is 20.6. The minimum atomic E-state index is -4.68. The number of imidazole rings is 2. The van der Waals surface area contributed by atoms with Crippen molar-refractivity contribution in [3.05, 3.63) is 90.3 Å². The zero-order valence-corrected chi connectivity index (χ0v) is 26.6. The van der Waals surface area contributed by atoms with E-state index in [0.717, 1.165) is 0 Å². The van der Waals surface area contributed by atoms with Crippen LogP contribution in [0.3, 0.4) is 0 Å². The first-order valence-corrected chi connectivity index (χ1v) is 16.2. The number of ether oxygens (including phenoxy) is 1. The van der Waals surface area contributed by atoms with E-state index in [2.05, 4.69) is 81.1 Å². The van der Waals surface area contributed by atoms with Crippen LogP contribution in [-0.4, -0.2) is 41.7 Å². The Morgan fingerprint density at radius 2 is 1.58 bits per heavy atom. The van der Waals surface area contributed by atoms with Crippen molar-refractivity contribution in [3.63, 3.8) is 0 Å². The van der Waals surface area contributed by atoms with Crippen molar-refractivity contribution >= 4 is 85.5 Å². The molecular formula is C27H23F4I2N7O3. The number of halogens is 6. The summed E-state index contributed by atoms with van der Waals surface area (Å²) in [5.41, 5.74) is 0.0467. The fourth-order valence-electron chi connectivity index (χ4n) is 3.49. The monoisotopic (exact) mass is 823 g/mol. The van der Waals surface area contributed by atoms with Crippen LogP contribution in [0.25, 0.3) is 11.0 Å². The average Bonchev–Trinajstić information content (AvgIpc) is 3.67. The minimum absolute atomic E-state index is 0.237. The predicted molar refractivity (Wildman–Crippen MR) is 173 cm³/mol. The number of urea groups is 1. The lowest BCUT2D eigenvalue weighted by molar-refractivity contribution is -0.137. The normalized spacial score (nSPS) is 10.5. The lowest BCUT2D eigenvalue weighted by atomic mass is 10.2. The maximum atomic E-state index is 13.9. The molecule has 2 heterocycles. The van der Waals surface area contributed by atoms with E-state index in [9.17, 15) is 27.2 Å². The number of nitrogens with one attached hydrogen (secondary N) is 5. The molecule has 16 heteroatoms. The highest BCUT2D eigenvalue weighted by Gasteiger charge is 2.31. The third kappa shape index (κ3) is 9.27. The molecule has 0 spiro atoms. The Kier molecular flexibility index (Phi) is 12.1. The van der Waals surface area contributed by atoms with Gasteiger partial charge in [-0.2, -0.15) is 13.2 Å². The summed E-state index contributed by atoms with van der Waals surface area (Å²) < 4.78 is 58.3. The molecule has 5 aromatic rings. The summed E-state index contributed by atoms with van der Waals surface area (Å²) in [4.78, 5) is 42.1. The number of nitrogens with zero attached hydrogens (tertiary/aromatic N) is 2. The van der Waals surface area contributed by atoms with Crippen LogP contribution < -0.4 is 20.7 Å². The topological polar surface area (TPSA) is 137 Å². The van der Waals surface area contributed by atoms with Gasteiger partial charge in [0.25, 0.3) is 5.91 Å². The lowest BCUT2D eigenvalue weighted by Crippen LogP contribution is -2.20. The second-order valence-electron chi connectivity index (χ2n) is 8.08. The van der Waals surface area contributed by atoms with Crippen LogP contribution in [-0.2, 0) is 6.18 Å². The van der Waals surface area contributed by atoms with E-state index in [-0.39, 0.29) is 17.3 Å². The van der Waals surface area contributed by atoms with E-state index in [1.165, 1.54) is 24.7 Å². The van der Waals surface area contributed by atoms with Crippen LogP contribution >= 0.6 is 45.2 Å². The second-order valence-corrected chi connectivity index (χ2v) is 8.08. The Balaban J connectivity index is 0.00000121. The maximum absolute atomic E-state index is 13.9. The zero-order chi connectivity index (χ0) is 31.6. The molecule has 0 bridgehead atoms. The molecule has 0 atom stereocenters. The molecule has 0 aliphatic heterocycles. The summed E-state index contributed by atoms with van der Waals surface area (Å²) in [5, 5.41) is 7.10. The first-order valence-electron chi connectivity index (χ1n) is 11.9. The standard InChI is InChI=1S/C25H17F4N7O3.2CH3I/c26-17-7-1-13(25(27,28)29)9-19(17)35-24(38)32-14-2-4-15(5-3-14)39-16-6-8-18-20(10-16)34-23(33-18)36-22(37)21-11-30-12-31-21;2*1-2/h1-12H,(H,30,31)(H2,32,35,38)(H2,33,34,36,37);2*1H3. The summed E-state index contributed by atoms with van der Waals surface area (Å²) in [7, 11) is 0. The van der Waals surface area contributed by atoms with E-state index in [0.29, 0.717) is 40.7 Å². The first kappa shape index (κ1) is 33.6. The number of carbonyl (C=O) groups is 2.